The van der Waals surface area contributed by atoms with E-state index in [1.807, 2.05) is 13.0 Å². The second-order valence-electron chi connectivity index (χ2n) is 5.05. The summed E-state index contributed by atoms with van der Waals surface area (Å²) < 4.78 is 5.52. The second kappa shape index (κ2) is 7.08. The van der Waals surface area contributed by atoms with E-state index in [4.69, 9.17) is 10.5 Å². The van der Waals surface area contributed by atoms with Crippen LogP contribution in [0.1, 0.15) is 24.5 Å². The van der Waals surface area contributed by atoms with Gasteiger partial charge in [0, 0.05) is 26.1 Å². The number of imide groups is 1. The molecule has 21 heavy (non-hydrogen) atoms. The van der Waals surface area contributed by atoms with Crippen molar-refractivity contribution in [1.82, 2.24) is 10.2 Å². The van der Waals surface area contributed by atoms with Gasteiger partial charge in [-0.05, 0) is 36.6 Å². The molecule has 0 aromatic heterocycles. The van der Waals surface area contributed by atoms with Gasteiger partial charge in [-0.2, -0.15) is 0 Å². The van der Waals surface area contributed by atoms with E-state index < -0.39 is 6.03 Å². The Labute approximate surface area is 124 Å². The van der Waals surface area contributed by atoms with Gasteiger partial charge in [-0.15, -0.1) is 0 Å². The first-order chi connectivity index (χ1) is 10.1. The Hall–Kier alpha value is -2.08. The van der Waals surface area contributed by atoms with Crippen molar-refractivity contribution in [2.24, 2.45) is 5.73 Å². The van der Waals surface area contributed by atoms with Crippen LogP contribution in [0.2, 0.25) is 0 Å². The summed E-state index contributed by atoms with van der Waals surface area (Å²) in [5.41, 5.74) is 7.48. The average molecular weight is 291 g/mol. The van der Waals surface area contributed by atoms with Gasteiger partial charge in [-0.25, -0.2) is 4.79 Å². The van der Waals surface area contributed by atoms with Gasteiger partial charge in [-0.1, -0.05) is 6.07 Å². The zero-order valence-electron chi connectivity index (χ0n) is 12.2. The Morgan fingerprint density at radius 1 is 1.38 bits per heavy atom. The molecule has 0 fully saturated rings. The third kappa shape index (κ3) is 4.46. The van der Waals surface area contributed by atoms with Crippen LogP contribution in [-0.4, -0.2) is 36.5 Å². The number of primary amides is 1. The fraction of sp³-hybridized carbons (Fsp3) is 0.467. The highest BCUT2D eigenvalue weighted by Crippen LogP contribution is 2.24. The van der Waals surface area contributed by atoms with E-state index in [-0.39, 0.29) is 12.3 Å². The summed E-state index contributed by atoms with van der Waals surface area (Å²) in [4.78, 5) is 24.2. The third-order valence-corrected chi connectivity index (χ3v) is 3.50. The Kier molecular flexibility index (Phi) is 5.16. The van der Waals surface area contributed by atoms with E-state index in [9.17, 15) is 9.59 Å². The number of hydrogen-bond donors (Lipinski definition) is 2. The molecule has 0 radical (unpaired) electrons. The number of rotatable bonds is 5. The number of ether oxygens (including phenoxy) is 1. The maximum absolute atomic E-state index is 11.4. The molecular weight excluding hydrogens is 270 g/mol. The average Bonchev–Trinajstić information content (AvgIpc) is 2.44. The molecule has 0 aliphatic carbocycles. The van der Waals surface area contributed by atoms with Crippen LogP contribution >= 0.6 is 0 Å². The minimum absolute atomic E-state index is 0.267. The predicted octanol–water partition coefficient (Wildman–Crippen LogP) is 1.03. The number of benzene rings is 1. The highest BCUT2D eigenvalue weighted by atomic mass is 16.5. The molecule has 1 aromatic rings. The first-order valence-electron chi connectivity index (χ1n) is 7.14. The Morgan fingerprint density at radius 3 is 2.90 bits per heavy atom. The Morgan fingerprint density at radius 2 is 2.19 bits per heavy atom. The first kappa shape index (κ1) is 15.3. The number of urea groups is 1. The summed E-state index contributed by atoms with van der Waals surface area (Å²) in [6.45, 7) is 4.92. The van der Waals surface area contributed by atoms with E-state index in [0.717, 1.165) is 25.3 Å². The van der Waals surface area contributed by atoms with Gasteiger partial charge in [0.1, 0.15) is 5.75 Å². The molecular formula is C15H21N3O3. The number of carbonyl (C=O) groups is 2. The molecule has 1 aromatic carbocycles. The molecule has 1 heterocycles. The van der Waals surface area contributed by atoms with E-state index in [1.54, 1.807) is 0 Å². The monoisotopic (exact) mass is 291 g/mol. The van der Waals surface area contributed by atoms with Crippen molar-refractivity contribution < 1.29 is 14.3 Å². The lowest BCUT2D eigenvalue weighted by molar-refractivity contribution is -0.120. The van der Waals surface area contributed by atoms with Crippen LogP contribution in [0, 0.1) is 0 Å². The SMILES string of the molecule is CCOc1ccc2c(c1)CN(CCC(=O)NC(N)=O)CC2. The van der Waals surface area contributed by atoms with Gasteiger partial charge in [0.25, 0.3) is 0 Å². The lowest BCUT2D eigenvalue weighted by atomic mass is 9.99. The van der Waals surface area contributed by atoms with Crippen molar-refractivity contribution in [2.45, 2.75) is 26.3 Å². The van der Waals surface area contributed by atoms with E-state index >= 15 is 0 Å². The molecule has 0 unspecified atom stereocenters. The second-order valence-corrected chi connectivity index (χ2v) is 5.05. The van der Waals surface area contributed by atoms with Crippen molar-refractivity contribution in [1.29, 1.82) is 0 Å². The summed E-state index contributed by atoms with van der Waals surface area (Å²) in [6.07, 6.45) is 1.22. The van der Waals surface area contributed by atoms with Gasteiger partial charge < -0.3 is 10.5 Å². The van der Waals surface area contributed by atoms with Gasteiger partial charge >= 0.3 is 6.03 Å². The number of nitrogens with one attached hydrogen (secondary N) is 1. The standard InChI is InChI=1S/C15H21N3O3/c1-2-21-13-4-3-11-5-7-18(10-12(11)9-13)8-6-14(19)17-15(16)20/h3-4,9H,2,5-8,10H2,1H3,(H3,16,17,19,20). The number of amides is 3. The minimum Gasteiger partial charge on any atom is -0.494 e. The predicted molar refractivity (Wildman–Crippen MR) is 78.9 cm³/mol. The molecule has 6 nitrogen and oxygen atoms in total. The van der Waals surface area contributed by atoms with Crippen LogP contribution in [-0.2, 0) is 17.8 Å². The molecule has 114 valence electrons. The summed E-state index contributed by atoms with van der Waals surface area (Å²) in [7, 11) is 0. The molecule has 6 heteroatoms. The number of hydrogen-bond acceptors (Lipinski definition) is 4. The van der Waals surface area contributed by atoms with Crippen LogP contribution in [0.15, 0.2) is 18.2 Å². The lowest BCUT2D eigenvalue weighted by Gasteiger charge is -2.28. The highest BCUT2D eigenvalue weighted by Gasteiger charge is 2.17. The molecule has 0 spiro atoms. The van der Waals surface area contributed by atoms with Crippen LogP contribution < -0.4 is 15.8 Å². The zero-order chi connectivity index (χ0) is 15.2. The normalized spacial score (nSPS) is 14.3. The summed E-state index contributed by atoms with van der Waals surface area (Å²) in [6, 6.07) is 5.37. The molecule has 3 amide bonds. The number of nitrogens with zero attached hydrogens (tertiary/aromatic N) is 1. The number of fused-ring (bicyclic) bond motifs is 1. The van der Waals surface area contributed by atoms with E-state index in [2.05, 4.69) is 22.3 Å². The van der Waals surface area contributed by atoms with Crippen LogP contribution in [0.3, 0.4) is 0 Å². The summed E-state index contributed by atoms with van der Waals surface area (Å²) in [5, 5.41) is 2.08. The van der Waals surface area contributed by atoms with E-state index in [0.29, 0.717) is 13.2 Å². The Bertz CT molecular complexity index is 531. The van der Waals surface area contributed by atoms with Gasteiger partial charge in [0.05, 0.1) is 6.61 Å². The first-order valence-corrected chi connectivity index (χ1v) is 7.14. The lowest BCUT2D eigenvalue weighted by Crippen LogP contribution is -2.38. The van der Waals surface area contributed by atoms with Crippen molar-refractivity contribution in [2.75, 3.05) is 19.7 Å². The molecule has 2 rings (SSSR count). The zero-order valence-corrected chi connectivity index (χ0v) is 12.2. The summed E-state index contributed by atoms with van der Waals surface area (Å²) >= 11 is 0. The van der Waals surface area contributed by atoms with E-state index in [1.165, 1.54) is 11.1 Å². The molecule has 1 aliphatic rings. The quantitative estimate of drug-likeness (QED) is 0.848. The van der Waals surface area contributed by atoms with Crippen LogP contribution in [0.4, 0.5) is 4.79 Å². The Balaban J connectivity index is 1.90. The molecule has 0 bridgehead atoms. The van der Waals surface area contributed by atoms with Crippen LogP contribution in [0.5, 0.6) is 5.75 Å². The third-order valence-electron chi connectivity index (χ3n) is 3.50. The maximum Gasteiger partial charge on any atom is 0.318 e. The largest absolute Gasteiger partial charge is 0.494 e. The molecule has 0 atom stereocenters. The molecule has 3 N–H and O–H groups in total. The number of carbonyl (C=O) groups excluding carboxylic acids is 2. The van der Waals surface area contributed by atoms with Crippen molar-refractivity contribution >= 4 is 11.9 Å². The van der Waals surface area contributed by atoms with Crippen molar-refractivity contribution in [3.8, 4) is 5.75 Å². The van der Waals surface area contributed by atoms with Gasteiger partial charge in [0.15, 0.2) is 0 Å². The number of nitrogens with two attached hydrogens (primary N) is 1. The molecule has 1 aliphatic heterocycles. The van der Waals surface area contributed by atoms with Gasteiger partial charge in [-0.3, -0.25) is 15.0 Å². The van der Waals surface area contributed by atoms with Crippen molar-refractivity contribution in [3.05, 3.63) is 29.3 Å². The topological polar surface area (TPSA) is 84.7 Å². The maximum atomic E-state index is 11.4. The van der Waals surface area contributed by atoms with Crippen molar-refractivity contribution in [3.63, 3.8) is 0 Å². The minimum atomic E-state index is -0.801. The van der Waals surface area contributed by atoms with Crippen LogP contribution in [0.25, 0.3) is 0 Å². The smallest absolute Gasteiger partial charge is 0.318 e. The molecule has 0 saturated heterocycles. The van der Waals surface area contributed by atoms with Gasteiger partial charge in [0.2, 0.25) is 5.91 Å². The summed E-state index contributed by atoms with van der Waals surface area (Å²) in [5.74, 6) is 0.543. The fourth-order valence-corrected chi connectivity index (χ4v) is 2.50. The molecule has 0 saturated carbocycles. The fourth-order valence-electron chi connectivity index (χ4n) is 2.50. The highest BCUT2D eigenvalue weighted by molar-refractivity contribution is 5.93.